The van der Waals surface area contributed by atoms with Crippen LogP contribution in [-0.2, 0) is 9.53 Å². The van der Waals surface area contributed by atoms with E-state index in [1.54, 1.807) is 0 Å². The highest BCUT2D eigenvalue weighted by Crippen LogP contribution is 2.18. The number of rotatable bonds is 3. The van der Waals surface area contributed by atoms with Crippen molar-refractivity contribution in [3.63, 3.8) is 0 Å². The van der Waals surface area contributed by atoms with Crippen LogP contribution in [0.1, 0.15) is 46.0 Å². The minimum absolute atomic E-state index is 0.140. The number of hydrogen-bond donors (Lipinski definition) is 2. The maximum Gasteiger partial charge on any atom is 0.222 e. The zero-order valence-corrected chi connectivity index (χ0v) is 11.6. The number of carbonyl (C=O) groups excluding carboxylic acids is 1. The molecule has 4 atom stereocenters. The van der Waals surface area contributed by atoms with Crippen LogP contribution in [0.3, 0.4) is 0 Å². The maximum atomic E-state index is 12.1. The van der Waals surface area contributed by atoms with Gasteiger partial charge in [0.1, 0.15) is 0 Å². The van der Waals surface area contributed by atoms with E-state index in [1.807, 2.05) is 0 Å². The Balaban J connectivity index is 1.78. The summed E-state index contributed by atoms with van der Waals surface area (Å²) in [7, 11) is 0. The quantitative estimate of drug-likeness (QED) is 0.801. The van der Waals surface area contributed by atoms with E-state index >= 15 is 0 Å². The molecule has 104 valence electrons. The van der Waals surface area contributed by atoms with Crippen molar-refractivity contribution in [2.24, 2.45) is 5.92 Å². The summed E-state index contributed by atoms with van der Waals surface area (Å²) in [6.07, 6.45) is 5.15. The second kappa shape index (κ2) is 6.53. The Morgan fingerprint density at radius 1 is 1.33 bits per heavy atom. The van der Waals surface area contributed by atoms with E-state index in [9.17, 15) is 4.79 Å². The highest BCUT2D eigenvalue weighted by atomic mass is 16.5. The molecular weight excluding hydrogens is 228 g/mol. The molecule has 2 fully saturated rings. The van der Waals surface area contributed by atoms with Crippen molar-refractivity contribution in [1.82, 2.24) is 10.6 Å². The zero-order chi connectivity index (χ0) is 13.0. The van der Waals surface area contributed by atoms with E-state index in [2.05, 4.69) is 24.5 Å². The lowest BCUT2D eigenvalue weighted by atomic mass is 9.89. The Kier molecular flexibility index (Phi) is 5.01. The molecule has 4 heteroatoms. The molecule has 0 aliphatic carbocycles. The van der Waals surface area contributed by atoms with Crippen LogP contribution in [0, 0.1) is 5.92 Å². The van der Waals surface area contributed by atoms with E-state index in [0.29, 0.717) is 18.4 Å². The van der Waals surface area contributed by atoms with Crippen molar-refractivity contribution in [2.45, 2.75) is 64.1 Å². The second-order valence-corrected chi connectivity index (χ2v) is 5.79. The number of ether oxygens (including phenoxy) is 1. The molecule has 0 aromatic carbocycles. The molecule has 2 heterocycles. The summed E-state index contributed by atoms with van der Waals surface area (Å²) in [6, 6.07) is 0.625. The van der Waals surface area contributed by atoms with Crippen molar-refractivity contribution < 1.29 is 9.53 Å². The average molecular weight is 254 g/mol. The molecule has 0 radical (unpaired) electrons. The molecule has 0 bridgehead atoms. The van der Waals surface area contributed by atoms with E-state index in [1.165, 1.54) is 6.42 Å². The minimum Gasteiger partial charge on any atom is -0.378 e. The number of nitrogens with one attached hydrogen (secondary N) is 2. The maximum absolute atomic E-state index is 12.1. The third kappa shape index (κ3) is 3.69. The Bertz CT molecular complexity index is 267. The van der Waals surface area contributed by atoms with Crippen LogP contribution in [-0.4, -0.2) is 37.2 Å². The first kappa shape index (κ1) is 13.8. The Morgan fingerprint density at radius 2 is 2.17 bits per heavy atom. The van der Waals surface area contributed by atoms with Gasteiger partial charge in [0.15, 0.2) is 0 Å². The van der Waals surface area contributed by atoms with Gasteiger partial charge in [-0.05, 0) is 45.1 Å². The molecule has 2 aliphatic heterocycles. The van der Waals surface area contributed by atoms with Gasteiger partial charge < -0.3 is 15.4 Å². The van der Waals surface area contributed by atoms with Crippen LogP contribution in [0.25, 0.3) is 0 Å². The topological polar surface area (TPSA) is 50.4 Å². The summed E-state index contributed by atoms with van der Waals surface area (Å²) in [6.45, 7) is 6.24. The SMILES string of the molecule is CC1CCNC(C)C1NC(=O)CC1CCCCO1. The average Bonchev–Trinajstić information content (AvgIpc) is 2.35. The number of piperidine rings is 1. The number of hydrogen-bond acceptors (Lipinski definition) is 3. The van der Waals surface area contributed by atoms with Gasteiger partial charge in [-0.25, -0.2) is 0 Å². The monoisotopic (exact) mass is 254 g/mol. The van der Waals surface area contributed by atoms with Gasteiger partial charge in [0.2, 0.25) is 5.91 Å². The largest absolute Gasteiger partial charge is 0.378 e. The van der Waals surface area contributed by atoms with Crippen LogP contribution in [0.5, 0.6) is 0 Å². The van der Waals surface area contributed by atoms with E-state index in [-0.39, 0.29) is 18.1 Å². The zero-order valence-electron chi connectivity index (χ0n) is 11.6. The van der Waals surface area contributed by atoms with E-state index in [0.717, 1.165) is 32.4 Å². The predicted octanol–water partition coefficient (Wildman–Crippen LogP) is 1.45. The summed E-state index contributed by atoms with van der Waals surface area (Å²) >= 11 is 0. The highest BCUT2D eigenvalue weighted by molar-refractivity contribution is 5.76. The summed E-state index contributed by atoms with van der Waals surface area (Å²) in [4.78, 5) is 12.1. The Morgan fingerprint density at radius 3 is 2.83 bits per heavy atom. The molecule has 0 saturated carbocycles. The van der Waals surface area contributed by atoms with Gasteiger partial charge in [-0.2, -0.15) is 0 Å². The predicted molar refractivity (Wildman–Crippen MR) is 71.4 cm³/mol. The van der Waals surface area contributed by atoms with Crippen LogP contribution in [0.2, 0.25) is 0 Å². The van der Waals surface area contributed by atoms with Crippen molar-refractivity contribution >= 4 is 5.91 Å². The van der Waals surface area contributed by atoms with Gasteiger partial charge in [0, 0.05) is 18.7 Å². The third-order valence-electron chi connectivity index (χ3n) is 4.23. The molecule has 0 aromatic rings. The normalized spacial score (nSPS) is 37.2. The molecule has 2 rings (SSSR count). The van der Waals surface area contributed by atoms with Gasteiger partial charge >= 0.3 is 0 Å². The lowest BCUT2D eigenvalue weighted by Gasteiger charge is -2.36. The van der Waals surface area contributed by atoms with E-state index in [4.69, 9.17) is 4.74 Å². The fourth-order valence-electron chi connectivity index (χ4n) is 3.03. The summed E-state index contributed by atoms with van der Waals surface area (Å²) < 4.78 is 5.61. The molecule has 2 N–H and O–H groups in total. The minimum atomic E-state index is 0.140. The summed E-state index contributed by atoms with van der Waals surface area (Å²) in [5, 5.41) is 6.61. The van der Waals surface area contributed by atoms with Gasteiger partial charge in [-0.3, -0.25) is 4.79 Å². The second-order valence-electron chi connectivity index (χ2n) is 5.79. The van der Waals surface area contributed by atoms with Crippen LogP contribution in [0.15, 0.2) is 0 Å². The molecule has 0 aromatic heterocycles. The van der Waals surface area contributed by atoms with Gasteiger partial charge in [-0.1, -0.05) is 6.92 Å². The molecule has 4 nitrogen and oxygen atoms in total. The van der Waals surface area contributed by atoms with Crippen LogP contribution in [0.4, 0.5) is 0 Å². The van der Waals surface area contributed by atoms with Crippen LogP contribution >= 0.6 is 0 Å². The highest BCUT2D eigenvalue weighted by Gasteiger charge is 2.29. The lowest BCUT2D eigenvalue weighted by molar-refractivity contribution is -0.126. The Labute approximate surface area is 110 Å². The van der Waals surface area contributed by atoms with Gasteiger partial charge in [0.05, 0.1) is 12.5 Å². The molecule has 0 spiro atoms. The molecule has 1 amide bonds. The smallest absolute Gasteiger partial charge is 0.222 e. The molecule has 4 unspecified atom stereocenters. The Hall–Kier alpha value is -0.610. The van der Waals surface area contributed by atoms with Crippen LogP contribution < -0.4 is 10.6 Å². The van der Waals surface area contributed by atoms with Crippen molar-refractivity contribution in [1.29, 1.82) is 0 Å². The third-order valence-corrected chi connectivity index (χ3v) is 4.23. The van der Waals surface area contributed by atoms with Gasteiger partial charge in [-0.15, -0.1) is 0 Å². The van der Waals surface area contributed by atoms with Crippen molar-refractivity contribution in [3.8, 4) is 0 Å². The van der Waals surface area contributed by atoms with Gasteiger partial charge in [0.25, 0.3) is 0 Å². The van der Waals surface area contributed by atoms with Crippen molar-refractivity contribution in [2.75, 3.05) is 13.2 Å². The standard InChI is InChI=1S/C14H26N2O2/c1-10-6-7-15-11(2)14(10)16-13(17)9-12-5-3-4-8-18-12/h10-12,14-15H,3-9H2,1-2H3,(H,16,17). The fraction of sp³-hybridized carbons (Fsp3) is 0.929. The summed E-state index contributed by atoms with van der Waals surface area (Å²) in [5.41, 5.74) is 0. The lowest BCUT2D eigenvalue weighted by Crippen LogP contribution is -2.56. The van der Waals surface area contributed by atoms with E-state index < -0.39 is 0 Å². The first-order valence-corrected chi connectivity index (χ1v) is 7.31. The fourth-order valence-corrected chi connectivity index (χ4v) is 3.03. The number of amides is 1. The summed E-state index contributed by atoms with van der Waals surface area (Å²) in [5.74, 6) is 0.701. The first-order valence-electron chi connectivity index (χ1n) is 7.31. The number of carbonyl (C=O) groups is 1. The molecular formula is C14H26N2O2. The first-order chi connectivity index (χ1) is 8.66. The van der Waals surface area contributed by atoms with Crippen molar-refractivity contribution in [3.05, 3.63) is 0 Å². The molecule has 2 saturated heterocycles. The molecule has 2 aliphatic rings. The molecule has 18 heavy (non-hydrogen) atoms.